The summed E-state index contributed by atoms with van der Waals surface area (Å²) >= 11 is 0. The van der Waals surface area contributed by atoms with Crippen LogP contribution in [-0.2, 0) is 0 Å². The molecule has 1 spiro atoms. The minimum Gasteiger partial charge on any atom is -0.326 e. The quantitative estimate of drug-likeness (QED) is 0.689. The van der Waals surface area contributed by atoms with Crippen LogP contribution in [0.15, 0.2) is 0 Å². The lowest BCUT2D eigenvalue weighted by molar-refractivity contribution is 0.161. The van der Waals surface area contributed by atoms with E-state index in [9.17, 15) is 0 Å². The molecule has 1 heterocycles. The lowest BCUT2D eigenvalue weighted by atomic mass is 9.90. The summed E-state index contributed by atoms with van der Waals surface area (Å²) in [5, 5.41) is 0. The average Bonchev–Trinajstić information content (AvgIpc) is 2.79. The summed E-state index contributed by atoms with van der Waals surface area (Å²) in [6, 6.07) is 1.20. The molecule has 2 unspecified atom stereocenters. The van der Waals surface area contributed by atoms with E-state index in [1.54, 1.807) is 0 Å². The van der Waals surface area contributed by atoms with Crippen molar-refractivity contribution in [2.75, 3.05) is 13.1 Å². The van der Waals surface area contributed by atoms with Crippen LogP contribution in [0.1, 0.15) is 44.9 Å². The first-order chi connectivity index (χ1) is 6.79. The smallest absolute Gasteiger partial charge is 0.0247 e. The summed E-state index contributed by atoms with van der Waals surface area (Å²) in [4.78, 5) is 2.71. The van der Waals surface area contributed by atoms with Crippen molar-refractivity contribution in [1.82, 2.24) is 4.90 Å². The van der Waals surface area contributed by atoms with Gasteiger partial charge in [-0.3, -0.25) is 4.90 Å². The topological polar surface area (TPSA) is 29.3 Å². The molecule has 3 fully saturated rings. The fourth-order valence-electron chi connectivity index (χ4n) is 3.43. The highest BCUT2D eigenvalue weighted by Crippen LogP contribution is 2.53. The second kappa shape index (κ2) is 3.21. The molecule has 2 heteroatoms. The van der Waals surface area contributed by atoms with Gasteiger partial charge < -0.3 is 5.73 Å². The Balaban J connectivity index is 1.64. The van der Waals surface area contributed by atoms with Gasteiger partial charge in [-0.1, -0.05) is 12.8 Å². The van der Waals surface area contributed by atoms with E-state index in [1.807, 2.05) is 0 Å². The van der Waals surface area contributed by atoms with Crippen LogP contribution in [0.4, 0.5) is 0 Å². The van der Waals surface area contributed by atoms with Gasteiger partial charge in [0.2, 0.25) is 0 Å². The van der Waals surface area contributed by atoms with E-state index >= 15 is 0 Å². The van der Waals surface area contributed by atoms with Crippen LogP contribution in [-0.4, -0.2) is 30.1 Å². The molecule has 1 saturated heterocycles. The predicted molar refractivity (Wildman–Crippen MR) is 58.1 cm³/mol. The van der Waals surface area contributed by atoms with Crippen LogP contribution in [0, 0.1) is 5.41 Å². The second-order valence-corrected chi connectivity index (χ2v) is 5.74. The van der Waals surface area contributed by atoms with Gasteiger partial charge in [0.15, 0.2) is 0 Å². The number of likely N-dealkylation sites (tertiary alicyclic amines) is 1. The van der Waals surface area contributed by atoms with Crippen LogP contribution in [0.3, 0.4) is 0 Å². The number of hydrogen-bond donors (Lipinski definition) is 1. The molecule has 2 saturated carbocycles. The molecule has 3 rings (SSSR count). The predicted octanol–water partition coefficient (Wildman–Crippen LogP) is 1.74. The molecule has 3 aliphatic rings. The standard InChI is InChI=1S/C12H22N2/c13-10-3-1-2-4-11(10)14-8-7-12(9-14)5-6-12/h10-11H,1-9,13H2. The van der Waals surface area contributed by atoms with Gasteiger partial charge >= 0.3 is 0 Å². The van der Waals surface area contributed by atoms with E-state index in [0.29, 0.717) is 6.04 Å². The van der Waals surface area contributed by atoms with E-state index in [0.717, 1.165) is 11.5 Å². The van der Waals surface area contributed by atoms with Gasteiger partial charge in [-0.2, -0.15) is 0 Å². The summed E-state index contributed by atoms with van der Waals surface area (Å²) in [7, 11) is 0. The first kappa shape index (κ1) is 9.17. The normalized spacial score (nSPS) is 41.8. The molecule has 0 aromatic heterocycles. The van der Waals surface area contributed by atoms with E-state index in [4.69, 9.17) is 5.73 Å². The maximum Gasteiger partial charge on any atom is 0.0247 e. The third-order valence-corrected chi connectivity index (χ3v) is 4.68. The Morgan fingerprint density at radius 3 is 2.50 bits per heavy atom. The van der Waals surface area contributed by atoms with Gasteiger partial charge in [0.1, 0.15) is 0 Å². The van der Waals surface area contributed by atoms with Crippen molar-refractivity contribution in [3.8, 4) is 0 Å². The summed E-state index contributed by atoms with van der Waals surface area (Å²) in [6.07, 6.45) is 9.82. The molecule has 2 atom stereocenters. The van der Waals surface area contributed by atoms with Crippen LogP contribution in [0.25, 0.3) is 0 Å². The van der Waals surface area contributed by atoms with Gasteiger partial charge in [0.25, 0.3) is 0 Å². The molecule has 1 aliphatic heterocycles. The van der Waals surface area contributed by atoms with E-state index < -0.39 is 0 Å². The lowest BCUT2D eigenvalue weighted by Gasteiger charge is -2.36. The second-order valence-electron chi connectivity index (χ2n) is 5.74. The molecule has 80 valence electrons. The summed E-state index contributed by atoms with van der Waals surface area (Å²) in [6.45, 7) is 2.70. The van der Waals surface area contributed by atoms with Crippen molar-refractivity contribution in [3.05, 3.63) is 0 Å². The molecule has 2 N–H and O–H groups in total. The number of hydrogen-bond acceptors (Lipinski definition) is 2. The van der Waals surface area contributed by atoms with E-state index in [2.05, 4.69) is 4.90 Å². The molecule has 0 aromatic carbocycles. The first-order valence-electron chi connectivity index (χ1n) is 6.29. The molecule has 0 radical (unpaired) electrons. The zero-order valence-corrected chi connectivity index (χ0v) is 9.04. The third-order valence-electron chi connectivity index (χ3n) is 4.68. The fraction of sp³-hybridized carbons (Fsp3) is 1.00. The Morgan fingerprint density at radius 1 is 1.07 bits per heavy atom. The van der Waals surface area contributed by atoms with Crippen molar-refractivity contribution < 1.29 is 0 Å². The minimum absolute atomic E-state index is 0.470. The van der Waals surface area contributed by atoms with Gasteiger partial charge in [-0.05, 0) is 44.1 Å². The van der Waals surface area contributed by atoms with Crippen LogP contribution in [0.2, 0.25) is 0 Å². The number of nitrogens with two attached hydrogens (primary N) is 1. The molecule has 2 aliphatic carbocycles. The molecule has 0 aromatic rings. The average molecular weight is 194 g/mol. The lowest BCUT2D eigenvalue weighted by Crippen LogP contribution is -2.48. The highest BCUT2D eigenvalue weighted by molar-refractivity contribution is 5.03. The summed E-state index contributed by atoms with van der Waals surface area (Å²) < 4.78 is 0. The molecule has 14 heavy (non-hydrogen) atoms. The molecule has 2 nitrogen and oxygen atoms in total. The highest BCUT2D eigenvalue weighted by Gasteiger charge is 2.49. The van der Waals surface area contributed by atoms with Gasteiger partial charge in [0, 0.05) is 18.6 Å². The van der Waals surface area contributed by atoms with Crippen molar-refractivity contribution in [1.29, 1.82) is 0 Å². The van der Waals surface area contributed by atoms with Crippen LogP contribution < -0.4 is 5.73 Å². The summed E-state index contributed by atoms with van der Waals surface area (Å²) in [5.41, 5.74) is 7.00. The Morgan fingerprint density at radius 2 is 1.86 bits per heavy atom. The SMILES string of the molecule is NC1CCCCC1N1CCC2(CC2)C1. The van der Waals surface area contributed by atoms with Gasteiger partial charge in [-0.15, -0.1) is 0 Å². The fourth-order valence-corrected chi connectivity index (χ4v) is 3.43. The zero-order chi connectivity index (χ0) is 9.60. The largest absolute Gasteiger partial charge is 0.326 e. The highest BCUT2D eigenvalue weighted by atomic mass is 15.2. The van der Waals surface area contributed by atoms with Gasteiger partial charge in [0.05, 0.1) is 0 Å². The minimum atomic E-state index is 0.470. The number of rotatable bonds is 1. The molecule has 0 amide bonds. The van der Waals surface area contributed by atoms with Crippen molar-refractivity contribution in [2.24, 2.45) is 11.1 Å². The molecule has 0 bridgehead atoms. The van der Waals surface area contributed by atoms with Crippen molar-refractivity contribution in [3.63, 3.8) is 0 Å². The van der Waals surface area contributed by atoms with Gasteiger partial charge in [-0.25, -0.2) is 0 Å². The van der Waals surface area contributed by atoms with E-state index in [1.165, 1.54) is 58.0 Å². The van der Waals surface area contributed by atoms with Crippen molar-refractivity contribution in [2.45, 2.75) is 57.0 Å². The Bertz CT molecular complexity index is 222. The van der Waals surface area contributed by atoms with Crippen LogP contribution >= 0.6 is 0 Å². The number of nitrogens with zero attached hydrogens (tertiary/aromatic N) is 1. The Hall–Kier alpha value is -0.0800. The third kappa shape index (κ3) is 1.49. The van der Waals surface area contributed by atoms with Crippen molar-refractivity contribution >= 4 is 0 Å². The maximum absolute atomic E-state index is 6.23. The first-order valence-corrected chi connectivity index (χ1v) is 6.29. The Labute approximate surface area is 86.8 Å². The monoisotopic (exact) mass is 194 g/mol. The summed E-state index contributed by atoms with van der Waals surface area (Å²) in [5.74, 6) is 0. The molecular formula is C12H22N2. The zero-order valence-electron chi connectivity index (χ0n) is 9.04. The van der Waals surface area contributed by atoms with Crippen LogP contribution in [0.5, 0.6) is 0 Å². The molecular weight excluding hydrogens is 172 g/mol. The Kier molecular flexibility index (Phi) is 2.10. The maximum atomic E-state index is 6.23. The van der Waals surface area contributed by atoms with E-state index in [-0.39, 0.29) is 0 Å².